The molecule has 0 saturated heterocycles. The number of nitrogens with zero attached hydrogens (tertiary/aromatic N) is 1. The molecule has 0 radical (unpaired) electrons. The van der Waals surface area contributed by atoms with E-state index in [1.807, 2.05) is 30.7 Å². The van der Waals surface area contributed by atoms with E-state index in [1.165, 1.54) is 5.56 Å². The van der Waals surface area contributed by atoms with Crippen LogP contribution in [0.25, 0.3) is 0 Å². The average Bonchev–Trinajstić information content (AvgIpc) is 2.58. The van der Waals surface area contributed by atoms with Crippen molar-refractivity contribution >= 4 is 0 Å². The first kappa shape index (κ1) is 6.40. The fraction of sp³-hybridized carbons (Fsp3) is 0.222. The molecule has 1 aliphatic heterocycles. The molecule has 0 saturated carbocycles. The Balaban J connectivity index is 2.17. The summed E-state index contributed by atoms with van der Waals surface area (Å²) < 4.78 is 0. The van der Waals surface area contributed by atoms with Crippen molar-refractivity contribution in [3.63, 3.8) is 0 Å². The smallest absolute Gasteiger partial charge is 0.0544 e. The maximum atomic E-state index is 3.97. The molecule has 1 N–H and O–H groups in total. The highest BCUT2D eigenvalue weighted by Crippen LogP contribution is 2.19. The summed E-state index contributed by atoms with van der Waals surface area (Å²) in [4.78, 5) is 3.97. The lowest BCUT2D eigenvalue weighted by Crippen LogP contribution is -2.09. The van der Waals surface area contributed by atoms with Gasteiger partial charge in [0.15, 0.2) is 0 Å². The van der Waals surface area contributed by atoms with Gasteiger partial charge in [0.25, 0.3) is 0 Å². The van der Waals surface area contributed by atoms with Crippen molar-refractivity contribution in [2.45, 2.75) is 12.5 Å². The quantitative estimate of drug-likeness (QED) is 0.651. The number of hydrogen-bond donors (Lipinski definition) is 1. The summed E-state index contributed by atoms with van der Waals surface area (Å²) in [6.07, 6.45) is 8.89. The molecule has 2 heteroatoms. The summed E-state index contributed by atoms with van der Waals surface area (Å²) in [7, 11) is 0. The van der Waals surface area contributed by atoms with Crippen molar-refractivity contribution in [3.8, 4) is 0 Å². The predicted octanol–water partition coefficient (Wildman–Crippen LogP) is 1.63. The Labute approximate surface area is 66.0 Å². The number of rotatable bonds is 1. The van der Waals surface area contributed by atoms with Gasteiger partial charge in [-0.3, -0.25) is 4.98 Å². The largest absolute Gasteiger partial charge is 0.384 e. The standard InChI is InChI=1S/C9H10N2/c1-2-9(11-5-1)8-3-6-10-7-4-8/h1,3-7,9,11H,2H2. The third-order valence-electron chi connectivity index (χ3n) is 1.90. The van der Waals surface area contributed by atoms with Crippen molar-refractivity contribution in [1.29, 1.82) is 0 Å². The van der Waals surface area contributed by atoms with Crippen LogP contribution in [0.3, 0.4) is 0 Å². The first-order valence-corrected chi connectivity index (χ1v) is 3.78. The van der Waals surface area contributed by atoms with Crippen LogP contribution in [0.1, 0.15) is 18.0 Å². The molecule has 11 heavy (non-hydrogen) atoms. The van der Waals surface area contributed by atoms with Crippen LogP contribution in [-0.4, -0.2) is 4.98 Å². The van der Waals surface area contributed by atoms with Gasteiger partial charge in [-0.1, -0.05) is 6.08 Å². The topological polar surface area (TPSA) is 24.9 Å². The van der Waals surface area contributed by atoms with E-state index < -0.39 is 0 Å². The second kappa shape index (κ2) is 2.74. The van der Waals surface area contributed by atoms with Crippen LogP contribution < -0.4 is 5.32 Å². The molecule has 0 spiro atoms. The van der Waals surface area contributed by atoms with Gasteiger partial charge in [-0.25, -0.2) is 0 Å². The van der Waals surface area contributed by atoms with Crippen LogP contribution in [0.2, 0.25) is 0 Å². The molecular weight excluding hydrogens is 136 g/mol. The van der Waals surface area contributed by atoms with Gasteiger partial charge in [0.1, 0.15) is 0 Å². The van der Waals surface area contributed by atoms with Crippen LogP contribution in [0.4, 0.5) is 0 Å². The highest BCUT2D eigenvalue weighted by molar-refractivity contribution is 5.18. The Kier molecular flexibility index (Phi) is 1.60. The van der Waals surface area contributed by atoms with Crippen LogP contribution >= 0.6 is 0 Å². The zero-order valence-electron chi connectivity index (χ0n) is 6.20. The Morgan fingerprint density at radius 3 is 2.82 bits per heavy atom. The molecular formula is C9H10N2. The van der Waals surface area contributed by atoms with Gasteiger partial charge in [-0.05, 0) is 30.3 Å². The lowest BCUT2D eigenvalue weighted by molar-refractivity contribution is 0.672. The van der Waals surface area contributed by atoms with Crippen LogP contribution in [0.15, 0.2) is 36.8 Å². The second-order valence-electron chi connectivity index (χ2n) is 2.64. The Morgan fingerprint density at radius 2 is 2.18 bits per heavy atom. The Hall–Kier alpha value is -1.31. The Morgan fingerprint density at radius 1 is 1.36 bits per heavy atom. The summed E-state index contributed by atoms with van der Waals surface area (Å²) in [5, 5.41) is 3.26. The third kappa shape index (κ3) is 1.24. The minimum Gasteiger partial charge on any atom is -0.384 e. The normalized spacial score (nSPS) is 21.6. The predicted molar refractivity (Wildman–Crippen MR) is 43.9 cm³/mol. The van der Waals surface area contributed by atoms with E-state index in [9.17, 15) is 0 Å². The fourth-order valence-electron chi connectivity index (χ4n) is 1.28. The summed E-state index contributed by atoms with van der Waals surface area (Å²) in [5.74, 6) is 0. The van der Waals surface area contributed by atoms with E-state index in [-0.39, 0.29) is 0 Å². The van der Waals surface area contributed by atoms with E-state index in [2.05, 4.69) is 16.4 Å². The summed E-state index contributed by atoms with van der Waals surface area (Å²) >= 11 is 0. The molecule has 2 heterocycles. The van der Waals surface area contributed by atoms with E-state index in [0.29, 0.717) is 6.04 Å². The molecule has 0 amide bonds. The maximum Gasteiger partial charge on any atom is 0.0544 e. The average molecular weight is 146 g/mol. The molecule has 1 aromatic heterocycles. The van der Waals surface area contributed by atoms with Crippen LogP contribution in [-0.2, 0) is 0 Å². The lowest BCUT2D eigenvalue weighted by Gasteiger charge is -2.09. The highest BCUT2D eigenvalue weighted by atomic mass is 14.9. The van der Waals surface area contributed by atoms with E-state index in [4.69, 9.17) is 0 Å². The zero-order valence-corrected chi connectivity index (χ0v) is 6.20. The molecule has 1 aromatic rings. The number of aromatic nitrogens is 1. The zero-order chi connectivity index (χ0) is 7.52. The van der Waals surface area contributed by atoms with E-state index in [0.717, 1.165) is 6.42 Å². The molecule has 2 nitrogen and oxygen atoms in total. The van der Waals surface area contributed by atoms with Gasteiger partial charge < -0.3 is 5.32 Å². The molecule has 0 fully saturated rings. The van der Waals surface area contributed by atoms with Gasteiger partial charge in [0, 0.05) is 12.4 Å². The maximum absolute atomic E-state index is 3.97. The third-order valence-corrected chi connectivity index (χ3v) is 1.90. The molecule has 1 unspecified atom stereocenters. The van der Waals surface area contributed by atoms with Crippen LogP contribution in [0, 0.1) is 0 Å². The van der Waals surface area contributed by atoms with E-state index in [1.54, 1.807) is 0 Å². The van der Waals surface area contributed by atoms with Gasteiger partial charge in [0.2, 0.25) is 0 Å². The fourth-order valence-corrected chi connectivity index (χ4v) is 1.28. The van der Waals surface area contributed by atoms with Gasteiger partial charge >= 0.3 is 0 Å². The van der Waals surface area contributed by atoms with Crippen molar-refractivity contribution in [3.05, 3.63) is 42.4 Å². The van der Waals surface area contributed by atoms with Crippen LogP contribution in [0.5, 0.6) is 0 Å². The first-order chi connectivity index (χ1) is 5.47. The first-order valence-electron chi connectivity index (χ1n) is 3.78. The second-order valence-corrected chi connectivity index (χ2v) is 2.64. The SMILES string of the molecule is C1=CNC(c2ccncc2)C1. The van der Waals surface area contributed by atoms with Crippen molar-refractivity contribution in [1.82, 2.24) is 10.3 Å². The summed E-state index contributed by atoms with van der Waals surface area (Å²) in [6, 6.07) is 4.56. The minimum absolute atomic E-state index is 0.470. The number of hydrogen-bond acceptors (Lipinski definition) is 2. The molecule has 1 atom stereocenters. The lowest BCUT2D eigenvalue weighted by atomic mass is 10.1. The molecule has 2 rings (SSSR count). The van der Waals surface area contributed by atoms with Gasteiger partial charge in [-0.15, -0.1) is 0 Å². The molecule has 0 bridgehead atoms. The van der Waals surface area contributed by atoms with Gasteiger partial charge in [-0.2, -0.15) is 0 Å². The van der Waals surface area contributed by atoms with Crippen molar-refractivity contribution < 1.29 is 0 Å². The molecule has 0 aromatic carbocycles. The summed E-state index contributed by atoms with van der Waals surface area (Å²) in [6.45, 7) is 0. The minimum atomic E-state index is 0.470. The van der Waals surface area contributed by atoms with Crippen molar-refractivity contribution in [2.75, 3.05) is 0 Å². The molecule has 1 aliphatic rings. The van der Waals surface area contributed by atoms with E-state index >= 15 is 0 Å². The number of pyridine rings is 1. The van der Waals surface area contributed by atoms with Crippen molar-refractivity contribution in [2.24, 2.45) is 0 Å². The Bertz CT molecular complexity index is 246. The summed E-state index contributed by atoms with van der Waals surface area (Å²) in [5.41, 5.74) is 1.31. The van der Waals surface area contributed by atoms with Gasteiger partial charge in [0.05, 0.1) is 6.04 Å². The number of nitrogens with one attached hydrogen (secondary N) is 1. The molecule has 56 valence electrons. The highest BCUT2D eigenvalue weighted by Gasteiger charge is 2.10. The molecule has 0 aliphatic carbocycles. The monoisotopic (exact) mass is 146 g/mol.